The van der Waals surface area contributed by atoms with Crippen molar-refractivity contribution in [2.75, 3.05) is 23.3 Å². The molecule has 0 heterocycles. The Kier molecular flexibility index (Phi) is 5.61. The molecule has 19 heavy (non-hydrogen) atoms. The van der Waals surface area contributed by atoms with Gasteiger partial charge in [0.15, 0.2) is 0 Å². The lowest BCUT2D eigenvalue weighted by molar-refractivity contribution is -0.140. The number of esters is 1. The molecule has 0 spiro atoms. The molecule has 0 saturated heterocycles. The van der Waals surface area contributed by atoms with Crippen LogP contribution in [0.1, 0.15) is 12.8 Å². The molecule has 6 nitrogen and oxygen atoms in total. The van der Waals surface area contributed by atoms with Gasteiger partial charge in [-0.2, -0.15) is 0 Å². The van der Waals surface area contributed by atoms with E-state index >= 15 is 0 Å². The van der Waals surface area contributed by atoms with Gasteiger partial charge in [0.2, 0.25) is 10.0 Å². The zero-order chi connectivity index (χ0) is 14.5. The van der Waals surface area contributed by atoms with E-state index in [1.807, 2.05) is 0 Å². The van der Waals surface area contributed by atoms with Gasteiger partial charge < -0.3 is 10.5 Å². The van der Waals surface area contributed by atoms with Crippen LogP contribution in [0, 0.1) is 0 Å². The van der Waals surface area contributed by atoms with Crippen LogP contribution in [0.25, 0.3) is 0 Å². The van der Waals surface area contributed by atoms with Gasteiger partial charge in [0.25, 0.3) is 0 Å². The van der Waals surface area contributed by atoms with Crippen molar-refractivity contribution >= 4 is 43.3 Å². The van der Waals surface area contributed by atoms with Crippen LogP contribution in [-0.4, -0.2) is 27.2 Å². The molecule has 1 rings (SSSR count). The zero-order valence-electron chi connectivity index (χ0n) is 10.3. The first-order chi connectivity index (χ1) is 8.84. The first-order valence-corrected chi connectivity index (χ1v) is 7.91. The Morgan fingerprint density at radius 2 is 2.16 bits per heavy atom. The number of halogens is 1. The van der Waals surface area contributed by atoms with Crippen LogP contribution in [0.2, 0.25) is 0 Å². The molecule has 3 N–H and O–H groups in total. The fraction of sp³-hybridized carbons (Fsp3) is 0.364. The summed E-state index contributed by atoms with van der Waals surface area (Å²) < 4.78 is 31.0. The second-order valence-corrected chi connectivity index (χ2v) is 6.53. The fourth-order valence-electron chi connectivity index (χ4n) is 1.35. The second-order valence-electron chi connectivity index (χ2n) is 3.84. The van der Waals surface area contributed by atoms with E-state index in [4.69, 9.17) is 5.73 Å². The molecular weight excluding hydrogens is 336 g/mol. The highest BCUT2D eigenvalue weighted by Crippen LogP contribution is 2.23. The molecular formula is C11H15BrN2O4S. The molecule has 8 heteroatoms. The highest BCUT2D eigenvalue weighted by molar-refractivity contribution is 9.10. The van der Waals surface area contributed by atoms with Gasteiger partial charge in [-0.15, -0.1) is 0 Å². The number of hydrogen-bond donors (Lipinski definition) is 2. The summed E-state index contributed by atoms with van der Waals surface area (Å²) in [7, 11) is -2.23. The zero-order valence-corrected chi connectivity index (χ0v) is 12.8. The number of nitrogens with one attached hydrogen (secondary N) is 1. The molecule has 0 aliphatic rings. The Balaban J connectivity index is 2.59. The van der Waals surface area contributed by atoms with E-state index in [0.717, 1.165) is 0 Å². The molecule has 0 bridgehead atoms. The number of nitrogen functional groups attached to an aromatic ring is 1. The van der Waals surface area contributed by atoms with Crippen LogP contribution >= 0.6 is 15.9 Å². The molecule has 0 amide bonds. The van der Waals surface area contributed by atoms with Crippen molar-refractivity contribution < 1.29 is 17.9 Å². The normalized spacial score (nSPS) is 11.1. The Labute approximate surface area is 120 Å². The predicted octanol–water partition coefficient (Wildman–Crippen LogP) is 1.73. The van der Waals surface area contributed by atoms with Gasteiger partial charge in [-0.1, -0.05) is 0 Å². The number of carbonyl (C=O) groups is 1. The molecule has 0 fully saturated rings. The lowest BCUT2D eigenvalue weighted by Crippen LogP contribution is -2.17. The highest BCUT2D eigenvalue weighted by atomic mass is 79.9. The minimum atomic E-state index is -3.50. The Morgan fingerprint density at radius 3 is 2.74 bits per heavy atom. The van der Waals surface area contributed by atoms with Crippen LogP contribution in [0.3, 0.4) is 0 Å². The third-order valence-corrected chi connectivity index (χ3v) is 4.39. The predicted molar refractivity (Wildman–Crippen MR) is 77.2 cm³/mol. The van der Waals surface area contributed by atoms with Crippen LogP contribution < -0.4 is 10.5 Å². The number of anilines is 2. The average molecular weight is 351 g/mol. The molecule has 0 aliphatic heterocycles. The topological polar surface area (TPSA) is 98.5 Å². The number of sulfonamides is 1. The maximum atomic E-state index is 11.8. The quantitative estimate of drug-likeness (QED) is 0.601. The van der Waals surface area contributed by atoms with Crippen molar-refractivity contribution in [2.24, 2.45) is 0 Å². The number of carbonyl (C=O) groups excluding carboxylic acids is 1. The van der Waals surface area contributed by atoms with E-state index in [1.165, 1.54) is 13.2 Å². The van der Waals surface area contributed by atoms with Crippen LogP contribution in [0.4, 0.5) is 11.4 Å². The van der Waals surface area contributed by atoms with Gasteiger partial charge in [0.05, 0.1) is 18.6 Å². The minimum absolute atomic E-state index is 0.0693. The van der Waals surface area contributed by atoms with E-state index in [0.29, 0.717) is 15.8 Å². The first kappa shape index (κ1) is 15.8. The van der Waals surface area contributed by atoms with E-state index in [9.17, 15) is 13.2 Å². The number of methoxy groups -OCH3 is 1. The molecule has 1 aromatic rings. The maximum Gasteiger partial charge on any atom is 0.305 e. The van der Waals surface area contributed by atoms with Gasteiger partial charge in [-0.25, -0.2) is 8.42 Å². The SMILES string of the molecule is COC(=O)CCCS(=O)(=O)Nc1ccc(Br)c(N)c1. The van der Waals surface area contributed by atoms with Crippen molar-refractivity contribution in [1.82, 2.24) is 0 Å². The smallest absolute Gasteiger partial charge is 0.305 e. The van der Waals surface area contributed by atoms with Crippen molar-refractivity contribution in [1.29, 1.82) is 0 Å². The van der Waals surface area contributed by atoms with E-state index in [2.05, 4.69) is 25.4 Å². The maximum absolute atomic E-state index is 11.8. The first-order valence-electron chi connectivity index (χ1n) is 5.46. The summed E-state index contributed by atoms with van der Waals surface area (Å²) in [4.78, 5) is 10.9. The van der Waals surface area contributed by atoms with E-state index in [1.54, 1.807) is 12.1 Å². The van der Waals surface area contributed by atoms with E-state index in [-0.39, 0.29) is 18.6 Å². The Hall–Kier alpha value is -1.28. The van der Waals surface area contributed by atoms with Crippen LogP contribution in [0.5, 0.6) is 0 Å². The third-order valence-electron chi connectivity index (χ3n) is 2.29. The number of nitrogens with two attached hydrogens (primary N) is 1. The summed E-state index contributed by atoms with van der Waals surface area (Å²) in [5, 5.41) is 0. The standard InChI is InChI=1S/C11H15BrN2O4S/c1-18-11(15)3-2-6-19(16,17)14-8-4-5-9(12)10(13)7-8/h4-5,7,14H,2-3,6,13H2,1H3. The molecule has 1 aromatic carbocycles. The van der Waals surface area contributed by atoms with E-state index < -0.39 is 16.0 Å². The average Bonchev–Trinajstić information content (AvgIpc) is 2.33. The van der Waals surface area contributed by atoms with Gasteiger partial charge >= 0.3 is 5.97 Å². The summed E-state index contributed by atoms with van der Waals surface area (Å²) in [5.41, 5.74) is 6.48. The third kappa shape index (κ3) is 5.48. The summed E-state index contributed by atoms with van der Waals surface area (Å²) in [5.74, 6) is -0.582. The molecule has 0 atom stereocenters. The lowest BCUT2D eigenvalue weighted by Gasteiger charge is -2.09. The van der Waals surface area contributed by atoms with Gasteiger partial charge in [0.1, 0.15) is 0 Å². The summed E-state index contributed by atoms with van der Waals surface area (Å²) >= 11 is 3.22. The van der Waals surface area contributed by atoms with Gasteiger partial charge in [-0.05, 0) is 40.5 Å². The number of ether oxygens (including phenoxy) is 1. The summed E-state index contributed by atoms with van der Waals surface area (Å²) in [6.07, 6.45) is 0.272. The van der Waals surface area contributed by atoms with Crippen molar-refractivity contribution in [3.63, 3.8) is 0 Å². The largest absolute Gasteiger partial charge is 0.469 e. The van der Waals surface area contributed by atoms with Crippen LogP contribution in [-0.2, 0) is 19.6 Å². The molecule has 0 aliphatic carbocycles. The van der Waals surface area contributed by atoms with Crippen molar-refractivity contribution in [3.8, 4) is 0 Å². The van der Waals surface area contributed by atoms with Gasteiger partial charge in [-0.3, -0.25) is 9.52 Å². The summed E-state index contributed by atoms with van der Waals surface area (Å²) in [6, 6.07) is 4.77. The Morgan fingerprint density at radius 1 is 1.47 bits per heavy atom. The van der Waals surface area contributed by atoms with Crippen molar-refractivity contribution in [2.45, 2.75) is 12.8 Å². The van der Waals surface area contributed by atoms with Gasteiger partial charge in [0, 0.05) is 16.6 Å². The Bertz CT molecular complexity index is 560. The highest BCUT2D eigenvalue weighted by Gasteiger charge is 2.12. The second kappa shape index (κ2) is 6.76. The minimum Gasteiger partial charge on any atom is -0.469 e. The molecule has 0 radical (unpaired) electrons. The summed E-state index contributed by atoms with van der Waals surface area (Å²) in [6.45, 7) is 0. The number of hydrogen-bond acceptors (Lipinski definition) is 5. The molecule has 0 aromatic heterocycles. The number of rotatable bonds is 6. The van der Waals surface area contributed by atoms with Crippen molar-refractivity contribution in [3.05, 3.63) is 22.7 Å². The fourth-order valence-corrected chi connectivity index (χ4v) is 2.71. The monoisotopic (exact) mass is 350 g/mol. The van der Waals surface area contributed by atoms with Crippen LogP contribution in [0.15, 0.2) is 22.7 Å². The molecule has 106 valence electrons. The number of benzene rings is 1. The molecule has 0 unspecified atom stereocenters. The lowest BCUT2D eigenvalue weighted by atomic mass is 10.3. The molecule has 0 saturated carbocycles.